The zero-order valence-electron chi connectivity index (χ0n) is 11.1. The van der Waals surface area contributed by atoms with Crippen LogP contribution in [0.15, 0.2) is 54.6 Å². The molecule has 0 aliphatic carbocycles. The van der Waals surface area contributed by atoms with E-state index in [9.17, 15) is 0 Å². The molecule has 0 bridgehead atoms. The Morgan fingerprint density at radius 2 is 1.90 bits per heavy atom. The van der Waals surface area contributed by atoms with Gasteiger partial charge < -0.3 is 5.32 Å². The van der Waals surface area contributed by atoms with Gasteiger partial charge in [-0.3, -0.25) is 0 Å². The van der Waals surface area contributed by atoms with Gasteiger partial charge in [-0.2, -0.15) is 0 Å². The van der Waals surface area contributed by atoms with Gasteiger partial charge in [0.15, 0.2) is 0 Å². The molecule has 0 saturated carbocycles. The predicted molar refractivity (Wildman–Crippen MR) is 80.6 cm³/mol. The summed E-state index contributed by atoms with van der Waals surface area (Å²) >= 11 is 0. The predicted octanol–water partition coefficient (Wildman–Crippen LogP) is 3.27. The summed E-state index contributed by atoms with van der Waals surface area (Å²) in [5, 5.41) is 5.84. The summed E-state index contributed by atoms with van der Waals surface area (Å²) in [5.74, 6) is 0. The van der Waals surface area contributed by atoms with E-state index < -0.39 is 0 Å². The molecule has 1 aliphatic heterocycles. The molecule has 1 radical (unpaired) electrons. The monoisotopic (exact) mass is 259 g/mol. The first kappa shape index (κ1) is 11.6. The maximum Gasteiger partial charge on any atom is 0.0975 e. The van der Waals surface area contributed by atoms with Gasteiger partial charge in [-0.15, -0.1) is 0 Å². The van der Waals surface area contributed by atoms with Gasteiger partial charge in [0.1, 0.15) is 0 Å². The normalized spacial score (nSPS) is 17.9. The zero-order chi connectivity index (χ0) is 13.4. The van der Waals surface area contributed by atoms with Crippen LogP contribution < -0.4 is 5.32 Å². The van der Waals surface area contributed by atoms with Crippen molar-refractivity contribution >= 4 is 10.8 Å². The number of fused-ring (bicyclic) bond motifs is 2. The highest BCUT2D eigenvalue weighted by Crippen LogP contribution is 2.28. The van der Waals surface area contributed by atoms with E-state index in [1.807, 2.05) is 12.1 Å². The summed E-state index contributed by atoms with van der Waals surface area (Å²) in [4.78, 5) is 4.54. The minimum Gasteiger partial charge on any atom is -0.305 e. The van der Waals surface area contributed by atoms with Gasteiger partial charge in [0, 0.05) is 11.9 Å². The third-order valence-corrected chi connectivity index (χ3v) is 3.97. The molecule has 0 spiro atoms. The molecular formula is C18H15N2. The number of nitrogens with zero attached hydrogens (tertiary/aromatic N) is 1. The summed E-state index contributed by atoms with van der Waals surface area (Å²) < 4.78 is 0. The Balaban J connectivity index is 1.84. The van der Waals surface area contributed by atoms with Gasteiger partial charge in [-0.05, 0) is 29.0 Å². The molecular weight excluding hydrogens is 244 g/mol. The zero-order valence-corrected chi connectivity index (χ0v) is 11.1. The maximum atomic E-state index is 4.54. The Hall–Kier alpha value is -2.19. The lowest BCUT2D eigenvalue weighted by atomic mass is 9.92. The Morgan fingerprint density at radius 1 is 1.05 bits per heavy atom. The van der Waals surface area contributed by atoms with Gasteiger partial charge in [0.05, 0.1) is 17.9 Å². The molecule has 2 aromatic carbocycles. The van der Waals surface area contributed by atoms with Crippen molar-refractivity contribution in [1.82, 2.24) is 10.3 Å². The van der Waals surface area contributed by atoms with Crippen LogP contribution in [0.1, 0.15) is 22.9 Å². The molecule has 2 heteroatoms. The lowest BCUT2D eigenvalue weighted by molar-refractivity contribution is 0.557. The number of benzene rings is 2. The number of nitrogens with one attached hydrogen (secondary N) is 1. The Kier molecular flexibility index (Phi) is 2.75. The molecule has 0 saturated heterocycles. The van der Waals surface area contributed by atoms with E-state index in [1.54, 1.807) is 0 Å². The molecule has 0 amide bonds. The van der Waals surface area contributed by atoms with Crippen LogP contribution in [-0.4, -0.2) is 11.5 Å². The number of hydrogen-bond donors (Lipinski definition) is 1. The Labute approximate surface area is 118 Å². The number of pyridine rings is 1. The van der Waals surface area contributed by atoms with Crippen LogP contribution in [0.3, 0.4) is 0 Å². The van der Waals surface area contributed by atoms with Crippen molar-refractivity contribution in [2.45, 2.75) is 12.5 Å². The van der Waals surface area contributed by atoms with Gasteiger partial charge in [-0.25, -0.2) is 4.98 Å². The highest BCUT2D eigenvalue weighted by molar-refractivity contribution is 5.81. The minimum atomic E-state index is 0.181. The number of aromatic nitrogens is 1. The Morgan fingerprint density at radius 3 is 2.90 bits per heavy atom. The van der Waals surface area contributed by atoms with E-state index in [0.29, 0.717) is 0 Å². The molecule has 0 fully saturated rings. The van der Waals surface area contributed by atoms with Gasteiger partial charge >= 0.3 is 0 Å². The second-order valence-corrected chi connectivity index (χ2v) is 5.22. The van der Waals surface area contributed by atoms with E-state index in [2.05, 4.69) is 59.0 Å². The fourth-order valence-electron chi connectivity index (χ4n) is 2.96. The topological polar surface area (TPSA) is 24.9 Å². The van der Waals surface area contributed by atoms with Crippen LogP contribution in [0.5, 0.6) is 0 Å². The van der Waals surface area contributed by atoms with E-state index in [0.717, 1.165) is 24.0 Å². The summed E-state index contributed by atoms with van der Waals surface area (Å²) in [6, 6.07) is 19.2. The van der Waals surface area contributed by atoms with E-state index >= 15 is 0 Å². The average molecular weight is 259 g/mol. The molecule has 3 aromatic rings. The molecule has 1 unspecified atom stereocenters. The van der Waals surface area contributed by atoms with Gasteiger partial charge in [-0.1, -0.05) is 48.5 Å². The van der Waals surface area contributed by atoms with Crippen LogP contribution in [0.25, 0.3) is 10.8 Å². The molecule has 2 heterocycles. The number of hydrogen-bond acceptors (Lipinski definition) is 2. The van der Waals surface area contributed by atoms with E-state index in [1.165, 1.54) is 16.5 Å². The quantitative estimate of drug-likeness (QED) is 0.725. The first-order valence-corrected chi connectivity index (χ1v) is 7.00. The van der Waals surface area contributed by atoms with Crippen molar-refractivity contribution in [2.75, 3.05) is 6.54 Å². The van der Waals surface area contributed by atoms with Gasteiger partial charge in [0.2, 0.25) is 0 Å². The van der Waals surface area contributed by atoms with Crippen LogP contribution >= 0.6 is 0 Å². The lowest BCUT2D eigenvalue weighted by Gasteiger charge is -2.26. The van der Waals surface area contributed by atoms with Crippen molar-refractivity contribution in [2.24, 2.45) is 0 Å². The smallest absolute Gasteiger partial charge is 0.0975 e. The second kappa shape index (κ2) is 4.73. The van der Waals surface area contributed by atoms with Crippen LogP contribution in [-0.2, 0) is 6.42 Å². The van der Waals surface area contributed by atoms with Crippen molar-refractivity contribution < 1.29 is 0 Å². The van der Waals surface area contributed by atoms with Crippen LogP contribution in [0, 0.1) is 6.20 Å². The van der Waals surface area contributed by atoms with E-state index in [-0.39, 0.29) is 6.04 Å². The van der Waals surface area contributed by atoms with Crippen molar-refractivity contribution in [3.05, 3.63) is 77.6 Å². The molecule has 2 nitrogen and oxygen atoms in total. The minimum absolute atomic E-state index is 0.181. The van der Waals surface area contributed by atoms with Crippen LogP contribution in [0.4, 0.5) is 0 Å². The molecule has 1 aliphatic rings. The highest BCUT2D eigenvalue weighted by Gasteiger charge is 2.21. The summed E-state index contributed by atoms with van der Waals surface area (Å²) in [7, 11) is 0. The molecule has 1 N–H and O–H groups in total. The summed E-state index contributed by atoms with van der Waals surface area (Å²) in [6.45, 7) is 0.996. The average Bonchev–Trinajstić information content (AvgIpc) is 2.54. The van der Waals surface area contributed by atoms with Crippen LogP contribution in [0.2, 0.25) is 0 Å². The Bertz CT molecular complexity index is 764. The molecule has 1 aromatic heterocycles. The van der Waals surface area contributed by atoms with E-state index in [4.69, 9.17) is 0 Å². The SMILES string of the molecule is [c]1nc(C2NCCc3ccccc32)cc2ccccc12. The second-order valence-electron chi connectivity index (χ2n) is 5.22. The maximum absolute atomic E-state index is 4.54. The first-order valence-electron chi connectivity index (χ1n) is 7.00. The molecule has 1 atom stereocenters. The summed E-state index contributed by atoms with van der Waals surface area (Å²) in [6.07, 6.45) is 4.24. The first-order chi connectivity index (χ1) is 9.92. The molecule has 97 valence electrons. The lowest BCUT2D eigenvalue weighted by Crippen LogP contribution is -2.31. The van der Waals surface area contributed by atoms with Crippen molar-refractivity contribution in [1.29, 1.82) is 0 Å². The van der Waals surface area contributed by atoms with Crippen molar-refractivity contribution in [3.8, 4) is 0 Å². The fourth-order valence-corrected chi connectivity index (χ4v) is 2.96. The summed E-state index contributed by atoms with van der Waals surface area (Å²) in [5.41, 5.74) is 3.82. The third-order valence-electron chi connectivity index (χ3n) is 3.97. The van der Waals surface area contributed by atoms with Crippen molar-refractivity contribution in [3.63, 3.8) is 0 Å². The molecule has 20 heavy (non-hydrogen) atoms. The largest absolute Gasteiger partial charge is 0.305 e. The van der Waals surface area contributed by atoms with Gasteiger partial charge in [0.25, 0.3) is 0 Å². The molecule has 4 rings (SSSR count). The fraction of sp³-hybridized carbons (Fsp3) is 0.167. The third kappa shape index (κ3) is 1.89. The highest BCUT2D eigenvalue weighted by atomic mass is 14.9. The standard InChI is InChI=1S/C18H15N2/c1-2-7-15-12-20-17(11-14(15)6-1)18-16-8-4-3-5-13(16)9-10-19-18/h1-8,11,18-19H,9-10H2. The number of rotatable bonds is 1.